The number of carbonyl (C=O) groups excluding carboxylic acids is 3. The van der Waals surface area contributed by atoms with Crippen LogP contribution < -0.4 is 9.64 Å². The van der Waals surface area contributed by atoms with Crippen molar-refractivity contribution < 1.29 is 23.9 Å². The van der Waals surface area contributed by atoms with Crippen LogP contribution in [0.1, 0.15) is 27.2 Å². The molecule has 2 aliphatic heterocycles. The third kappa shape index (κ3) is 4.71. The first-order chi connectivity index (χ1) is 13.2. The van der Waals surface area contributed by atoms with Gasteiger partial charge in [0.2, 0.25) is 11.8 Å². The van der Waals surface area contributed by atoms with Gasteiger partial charge in [-0.2, -0.15) is 0 Å². The Bertz CT molecular complexity index is 788. The summed E-state index contributed by atoms with van der Waals surface area (Å²) in [5, 5.41) is -0.540. The SMILES string of the molecule is CC(=O)Oc1ccc(N2C(=O)CC(SC(=S)N3CC(C)OC(C)C3)C2=O)cc1. The highest BCUT2D eigenvalue weighted by molar-refractivity contribution is 8.23. The summed E-state index contributed by atoms with van der Waals surface area (Å²) in [5.74, 6) is -0.628. The average molecular weight is 423 g/mol. The van der Waals surface area contributed by atoms with Gasteiger partial charge in [0.25, 0.3) is 0 Å². The Hall–Kier alpha value is -1.97. The summed E-state index contributed by atoms with van der Waals surface area (Å²) in [6, 6.07) is 6.29. The van der Waals surface area contributed by atoms with E-state index in [0.717, 1.165) is 0 Å². The summed E-state index contributed by atoms with van der Waals surface area (Å²) in [7, 11) is 0. The topological polar surface area (TPSA) is 76.2 Å². The van der Waals surface area contributed by atoms with Crippen LogP contribution in [0.5, 0.6) is 5.75 Å². The molecule has 2 fully saturated rings. The van der Waals surface area contributed by atoms with Gasteiger partial charge < -0.3 is 14.4 Å². The van der Waals surface area contributed by atoms with Crippen molar-refractivity contribution in [3.05, 3.63) is 24.3 Å². The predicted molar refractivity (Wildman–Crippen MR) is 110 cm³/mol. The molecular weight excluding hydrogens is 400 g/mol. The highest BCUT2D eigenvalue weighted by Crippen LogP contribution is 2.32. The second kappa shape index (κ2) is 8.59. The van der Waals surface area contributed by atoms with E-state index in [2.05, 4.69) is 0 Å². The van der Waals surface area contributed by atoms with Crippen molar-refractivity contribution in [1.29, 1.82) is 0 Å². The summed E-state index contributed by atoms with van der Waals surface area (Å²) in [5.41, 5.74) is 0.452. The Labute approximate surface area is 173 Å². The lowest BCUT2D eigenvalue weighted by molar-refractivity contribution is -0.132. The molecule has 0 radical (unpaired) electrons. The van der Waals surface area contributed by atoms with Crippen molar-refractivity contribution >= 4 is 51.8 Å². The number of nitrogens with zero attached hydrogens (tertiary/aromatic N) is 2. The monoisotopic (exact) mass is 422 g/mol. The van der Waals surface area contributed by atoms with E-state index in [1.165, 1.54) is 23.6 Å². The molecule has 0 spiro atoms. The largest absolute Gasteiger partial charge is 0.427 e. The minimum atomic E-state index is -0.540. The first kappa shape index (κ1) is 20.8. The van der Waals surface area contributed by atoms with Gasteiger partial charge in [0, 0.05) is 26.4 Å². The number of thiocarbonyl (C=S) groups is 1. The van der Waals surface area contributed by atoms with Gasteiger partial charge in [-0.15, -0.1) is 0 Å². The fourth-order valence-electron chi connectivity index (χ4n) is 3.32. The Balaban J connectivity index is 1.66. The van der Waals surface area contributed by atoms with E-state index in [4.69, 9.17) is 21.7 Å². The van der Waals surface area contributed by atoms with Crippen LogP contribution in [-0.4, -0.2) is 57.6 Å². The second-order valence-electron chi connectivity index (χ2n) is 6.89. The number of amides is 2. The fraction of sp³-hybridized carbons (Fsp3) is 0.474. The van der Waals surface area contributed by atoms with Crippen LogP contribution in [0.15, 0.2) is 24.3 Å². The van der Waals surface area contributed by atoms with Gasteiger partial charge in [0.05, 0.1) is 17.9 Å². The Morgan fingerprint density at radius 3 is 2.36 bits per heavy atom. The fourth-order valence-corrected chi connectivity index (χ4v) is 4.79. The molecule has 1 aromatic carbocycles. The normalized spacial score (nSPS) is 25.2. The number of hydrogen-bond acceptors (Lipinski definition) is 7. The zero-order valence-electron chi connectivity index (χ0n) is 15.9. The molecule has 0 saturated carbocycles. The zero-order chi connectivity index (χ0) is 20.4. The molecular formula is C19H22N2O5S2. The molecule has 0 N–H and O–H groups in total. The number of imide groups is 1. The minimum Gasteiger partial charge on any atom is -0.427 e. The first-order valence-corrected chi connectivity index (χ1v) is 10.3. The van der Waals surface area contributed by atoms with E-state index in [0.29, 0.717) is 28.8 Å². The second-order valence-corrected chi connectivity index (χ2v) is 8.73. The van der Waals surface area contributed by atoms with Crippen molar-refractivity contribution in [2.45, 2.75) is 44.6 Å². The van der Waals surface area contributed by atoms with Crippen molar-refractivity contribution in [3.63, 3.8) is 0 Å². The smallest absolute Gasteiger partial charge is 0.308 e. The van der Waals surface area contributed by atoms with E-state index < -0.39 is 11.2 Å². The summed E-state index contributed by atoms with van der Waals surface area (Å²) >= 11 is 6.78. The number of anilines is 1. The molecule has 2 heterocycles. The van der Waals surface area contributed by atoms with Crippen LogP contribution in [0.4, 0.5) is 5.69 Å². The predicted octanol–water partition coefficient (Wildman–Crippen LogP) is 2.37. The third-order valence-electron chi connectivity index (χ3n) is 4.38. The quantitative estimate of drug-likeness (QED) is 0.318. The van der Waals surface area contributed by atoms with Gasteiger partial charge in [0.15, 0.2) is 0 Å². The maximum absolute atomic E-state index is 12.8. The number of rotatable bonds is 3. The maximum atomic E-state index is 12.8. The molecule has 28 heavy (non-hydrogen) atoms. The van der Waals surface area contributed by atoms with Crippen LogP contribution in [0.25, 0.3) is 0 Å². The number of thioether (sulfide) groups is 1. The van der Waals surface area contributed by atoms with Crippen LogP contribution in [-0.2, 0) is 19.1 Å². The lowest BCUT2D eigenvalue weighted by atomic mass is 10.2. The van der Waals surface area contributed by atoms with Crippen molar-refractivity contribution in [1.82, 2.24) is 4.90 Å². The molecule has 0 aliphatic carbocycles. The Kier molecular flexibility index (Phi) is 6.36. The van der Waals surface area contributed by atoms with Gasteiger partial charge in [-0.3, -0.25) is 14.4 Å². The van der Waals surface area contributed by atoms with Gasteiger partial charge in [-0.1, -0.05) is 24.0 Å². The zero-order valence-corrected chi connectivity index (χ0v) is 17.5. The molecule has 1 aromatic rings. The van der Waals surface area contributed by atoms with Gasteiger partial charge in [-0.05, 0) is 38.1 Å². The van der Waals surface area contributed by atoms with Gasteiger partial charge >= 0.3 is 5.97 Å². The maximum Gasteiger partial charge on any atom is 0.308 e. The van der Waals surface area contributed by atoms with Gasteiger partial charge in [-0.25, -0.2) is 4.90 Å². The Morgan fingerprint density at radius 2 is 1.79 bits per heavy atom. The molecule has 2 amide bonds. The summed E-state index contributed by atoms with van der Waals surface area (Å²) in [6.07, 6.45) is 0.232. The van der Waals surface area contributed by atoms with Crippen molar-refractivity contribution in [2.75, 3.05) is 18.0 Å². The molecule has 3 rings (SSSR count). The lowest BCUT2D eigenvalue weighted by Crippen LogP contribution is -2.47. The molecule has 3 atom stereocenters. The van der Waals surface area contributed by atoms with Crippen molar-refractivity contribution in [2.24, 2.45) is 0 Å². The molecule has 2 saturated heterocycles. The summed E-state index contributed by atoms with van der Waals surface area (Å²) in [4.78, 5) is 39.5. The number of esters is 1. The Morgan fingerprint density at radius 1 is 1.18 bits per heavy atom. The molecule has 9 heteroatoms. The minimum absolute atomic E-state index is 0.0652. The van der Waals surface area contributed by atoms with E-state index in [1.54, 1.807) is 24.3 Å². The molecule has 3 unspecified atom stereocenters. The van der Waals surface area contributed by atoms with Crippen LogP contribution >= 0.6 is 24.0 Å². The number of benzene rings is 1. The molecule has 0 bridgehead atoms. The first-order valence-electron chi connectivity index (χ1n) is 9.01. The molecule has 2 aliphatic rings. The molecule has 0 aromatic heterocycles. The van der Waals surface area contributed by atoms with Crippen molar-refractivity contribution in [3.8, 4) is 5.75 Å². The standard InChI is InChI=1S/C19H22N2O5S2/c1-11-9-20(10-12(2)25-11)19(27)28-16-8-17(23)21(18(16)24)14-4-6-15(7-5-14)26-13(3)22/h4-7,11-12,16H,8-10H2,1-3H3. The van der Waals surface area contributed by atoms with E-state index in [1.807, 2.05) is 18.7 Å². The number of carbonyl (C=O) groups is 3. The van der Waals surface area contributed by atoms with E-state index in [9.17, 15) is 14.4 Å². The number of morpholine rings is 1. The lowest BCUT2D eigenvalue weighted by Gasteiger charge is -2.36. The molecule has 150 valence electrons. The highest BCUT2D eigenvalue weighted by Gasteiger charge is 2.41. The van der Waals surface area contributed by atoms with Crippen LogP contribution in [0.3, 0.4) is 0 Å². The third-order valence-corrected chi connectivity index (χ3v) is 6.04. The summed E-state index contributed by atoms with van der Waals surface area (Å²) in [6.45, 7) is 6.63. The van der Waals surface area contributed by atoms with E-state index >= 15 is 0 Å². The summed E-state index contributed by atoms with van der Waals surface area (Å²) < 4.78 is 11.3. The molecule has 7 nitrogen and oxygen atoms in total. The van der Waals surface area contributed by atoms with Crippen LogP contribution in [0.2, 0.25) is 0 Å². The van der Waals surface area contributed by atoms with Gasteiger partial charge in [0.1, 0.15) is 15.3 Å². The number of hydrogen-bond donors (Lipinski definition) is 0. The number of ether oxygens (including phenoxy) is 2. The average Bonchev–Trinajstić information content (AvgIpc) is 2.88. The van der Waals surface area contributed by atoms with Crippen LogP contribution in [0, 0.1) is 0 Å². The van der Waals surface area contributed by atoms with E-state index in [-0.39, 0.29) is 30.4 Å². The highest BCUT2D eigenvalue weighted by atomic mass is 32.2.